The van der Waals surface area contributed by atoms with Crippen LogP contribution in [0.1, 0.15) is 36.0 Å². The molecule has 0 spiro atoms. The van der Waals surface area contributed by atoms with Gasteiger partial charge in [0.2, 0.25) is 11.8 Å². The highest BCUT2D eigenvalue weighted by molar-refractivity contribution is 7.98. The highest BCUT2D eigenvalue weighted by atomic mass is 32.2. The number of nitrogens with zero attached hydrogens (tertiary/aromatic N) is 6. The maximum absolute atomic E-state index is 13.4. The molecule has 2 aromatic heterocycles. The Morgan fingerprint density at radius 2 is 2.10 bits per heavy atom. The number of amides is 3. The van der Waals surface area contributed by atoms with Crippen LogP contribution in [-0.4, -0.2) is 89.6 Å². The van der Waals surface area contributed by atoms with Gasteiger partial charge in [0.05, 0.1) is 31.5 Å². The van der Waals surface area contributed by atoms with Crippen LogP contribution in [0.3, 0.4) is 0 Å². The lowest BCUT2D eigenvalue weighted by molar-refractivity contribution is -0.136. The molecule has 1 saturated carbocycles. The van der Waals surface area contributed by atoms with Crippen LogP contribution < -0.4 is 20.3 Å². The first-order chi connectivity index (χ1) is 18.8. The number of thioether (sulfide) groups is 1. The first kappa shape index (κ1) is 27.0. The molecule has 2 aromatic rings. The maximum Gasteiger partial charge on any atom is 0.328 e. The van der Waals surface area contributed by atoms with Crippen LogP contribution in [0.15, 0.2) is 18.3 Å². The minimum Gasteiger partial charge on any atom is -0.481 e. The molecular weight excluding hydrogens is 516 g/mol. The van der Waals surface area contributed by atoms with Gasteiger partial charge in [0, 0.05) is 48.8 Å². The summed E-state index contributed by atoms with van der Waals surface area (Å²) in [5.41, 5.74) is 2.89. The number of hydrogen-bond acceptors (Lipinski definition) is 9. The molecule has 0 bridgehead atoms. The van der Waals surface area contributed by atoms with Crippen molar-refractivity contribution in [3.63, 3.8) is 0 Å². The van der Waals surface area contributed by atoms with Gasteiger partial charge in [-0.05, 0) is 50.6 Å². The van der Waals surface area contributed by atoms with E-state index in [9.17, 15) is 14.9 Å². The van der Waals surface area contributed by atoms with Gasteiger partial charge in [0.25, 0.3) is 0 Å². The molecule has 11 nitrogen and oxygen atoms in total. The molecule has 0 aromatic carbocycles. The Labute approximate surface area is 232 Å². The molecule has 1 aliphatic carbocycles. The van der Waals surface area contributed by atoms with E-state index in [0.717, 1.165) is 49.1 Å². The molecule has 39 heavy (non-hydrogen) atoms. The van der Waals surface area contributed by atoms with Crippen LogP contribution in [0.25, 0.3) is 0 Å². The zero-order valence-corrected chi connectivity index (χ0v) is 23.4. The molecule has 12 heteroatoms. The summed E-state index contributed by atoms with van der Waals surface area (Å²) in [7, 11) is 3.49. The third-order valence-electron chi connectivity index (χ3n) is 7.44. The molecule has 2 aliphatic heterocycles. The highest BCUT2D eigenvalue weighted by Gasteiger charge is 2.42. The van der Waals surface area contributed by atoms with Crippen molar-refractivity contribution in [2.24, 2.45) is 0 Å². The predicted octanol–water partition coefficient (Wildman–Crippen LogP) is 2.92. The topological polar surface area (TPSA) is 127 Å². The lowest BCUT2D eigenvalue weighted by Gasteiger charge is -2.33. The summed E-state index contributed by atoms with van der Waals surface area (Å²) >= 11 is 1.77. The van der Waals surface area contributed by atoms with Crippen molar-refractivity contribution in [3.8, 4) is 11.9 Å². The second kappa shape index (κ2) is 11.3. The van der Waals surface area contributed by atoms with E-state index >= 15 is 0 Å². The van der Waals surface area contributed by atoms with Crippen molar-refractivity contribution >= 4 is 41.0 Å². The van der Waals surface area contributed by atoms with Crippen molar-refractivity contribution in [3.05, 3.63) is 35.0 Å². The molecule has 0 radical (unpaired) electrons. The van der Waals surface area contributed by atoms with E-state index in [4.69, 9.17) is 9.72 Å². The average molecular weight is 551 g/mol. The molecule has 206 valence electrons. The van der Waals surface area contributed by atoms with E-state index in [0.29, 0.717) is 54.9 Å². The molecule has 0 atom stereocenters. The Kier molecular flexibility index (Phi) is 7.81. The highest BCUT2D eigenvalue weighted by Crippen LogP contribution is 2.42. The second-order valence-electron chi connectivity index (χ2n) is 10.4. The Bertz CT molecular complexity index is 1310. The minimum absolute atomic E-state index is 0.00757. The van der Waals surface area contributed by atoms with Crippen LogP contribution >= 0.6 is 11.8 Å². The fraction of sp³-hybridized carbons (Fsp3) is 0.519. The maximum atomic E-state index is 13.4. The van der Waals surface area contributed by atoms with Crippen LogP contribution in [0.2, 0.25) is 0 Å². The zero-order chi connectivity index (χ0) is 27.6. The minimum atomic E-state index is -0.346. The number of ether oxygens (including phenoxy) is 1. The van der Waals surface area contributed by atoms with Gasteiger partial charge < -0.3 is 15.0 Å². The lowest BCUT2D eigenvalue weighted by atomic mass is 10.0. The van der Waals surface area contributed by atoms with E-state index in [2.05, 4.69) is 27.9 Å². The van der Waals surface area contributed by atoms with Gasteiger partial charge in [0.1, 0.15) is 17.7 Å². The smallest absolute Gasteiger partial charge is 0.328 e. The summed E-state index contributed by atoms with van der Waals surface area (Å²) in [4.78, 5) is 40.4. The molecule has 3 amide bonds. The van der Waals surface area contributed by atoms with Crippen LogP contribution in [0, 0.1) is 11.3 Å². The standard InChI is InChI=1S/C27H34N8O3S/c1-33-9-10-34(23(36)16-33)15-19-11-18-5-4-8-35(24(18)31-25(19)38-2)26(37)30-22-12-21(20(13-28)14-29-22)32-27(6-7-27)17-39-3/h11-12,14H,4-10,15-17H2,1-3H3,(H2,29,30,32,37). The van der Waals surface area contributed by atoms with Crippen LogP contribution in [-0.2, 0) is 17.8 Å². The van der Waals surface area contributed by atoms with Gasteiger partial charge in [-0.15, -0.1) is 0 Å². The Balaban J connectivity index is 1.34. The second-order valence-corrected chi connectivity index (χ2v) is 11.3. The molecular formula is C27H34N8O3S. The van der Waals surface area contributed by atoms with Crippen molar-refractivity contribution in [2.45, 2.75) is 37.8 Å². The fourth-order valence-corrected chi connectivity index (χ4v) is 6.04. The molecule has 3 aliphatic rings. The molecule has 5 rings (SSSR count). The van der Waals surface area contributed by atoms with E-state index in [1.807, 2.05) is 22.9 Å². The van der Waals surface area contributed by atoms with E-state index in [1.54, 1.807) is 29.8 Å². The first-order valence-electron chi connectivity index (χ1n) is 13.1. The molecule has 1 saturated heterocycles. The van der Waals surface area contributed by atoms with Gasteiger partial charge in [-0.3, -0.25) is 19.9 Å². The van der Waals surface area contributed by atoms with Crippen LogP contribution in [0.4, 0.5) is 22.1 Å². The fourth-order valence-electron chi connectivity index (χ4n) is 5.13. The number of likely N-dealkylation sites (N-methyl/N-ethyl adjacent to an activating group) is 1. The summed E-state index contributed by atoms with van der Waals surface area (Å²) in [6, 6.07) is 5.58. The average Bonchev–Trinajstić information content (AvgIpc) is 3.68. The molecule has 0 unspecified atom stereocenters. The summed E-state index contributed by atoms with van der Waals surface area (Å²) < 4.78 is 5.60. The molecule has 4 heterocycles. The number of urea groups is 1. The largest absolute Gasteiger partial charge is 0.481 e. The van der Waals surface area contributed by atoms with Gasteiger partial charge in [-0.25, -0.2) is 9.78 Å². The number of aryl methyl sites for hydroxylation is 1. The number of piperazine rings is 1. The van der Waals surface area contributed by atoms with Gasteiger partial charge in [0.15, 0.2) is 0 Å². The molecule has 2 fully saturated rings. The van der Waals surface area contributed by atoms with Crippen molar-refractivity contribution in [1.29, 1.82) is 5.26 Å². The van der Waals surface area contributed by atoms with Crippen molar-refractivity contribution in [1.82, 2.24) is 19.8 Å². The number of hydrogen-bond donors (Lipinski definition) is 2. The lowest BCUT2D eigenvalue weighted by Crippen LogP contribution is -2.48. The van der Waals surface area contributed by atoms with Crippen molar-refractivity contribution < 1.29 is 14.3 Å². The predicted molar refractivity (Wildman–Crippen MR) is 151 cm³/mol. The Hall–Kier alpha value is -3.56. The number of pyridine rings is 2. The number of nitriles is 1. The van der Waals surface area contributed by atoms with Gasteiger partial charge >= 0.3 is 6.03 Å². The third kappa shape index (κ3) is 5.89. The number of anilines is 3. The normalized spacial score (nSPS) is 18.3. The van der Waals surface area contributed by atoms with Crippen molar-refractivity contribution in [2.75, 3.05) is 67.9 Å². The zero-order valence-electron chi connectivity index (χ0n) is 22.6. The Morgan fingerprint density at radius 1 is 1.28 bits per heavy atom. The van der Waals surface area contributed by atoms with Gasteiger partial charge in [-0.1, -0.05) is 0 Å². The number of rotatable bonds is 8. The number of nitrogens with one attached hydrogen (secondary N) is 2. The van der Waals surface area contributed by atoms with E-state index < -0.39 is 0 Å². The number of aromatic nitrogens is 2. The summed E-state index contributed by atoms with van der Waals surface area (Å²) in [5.74, 6) is 2.35. The monoisotopic (exact) mass is 550 g/mol. The van der Waals surface area contributed by atoms with Crippen LogP contribution in [0.5, 0.6) is 5.88 Å². The number of fused-ring (bicyclic) bond motifs is 1. The number of carbonyl (C=O) groups is 2. The van der Waals surface area contributed by atoms with Gasteiger partial charge in [-0.2, -0.15) is 22.0 Å². The summed E-state index contributed by atoms with van der Waals surface area (Å²) in [5, 5.41) is 16.0. The summed E-state index contributed by atoms with van der Waals surface area (Å²) in [6.45, 7) is 2.79. The number of carbonyl (C=O) groups excluding carboxylic acids is 2. The van der Waals surface area contributed by atoms with E-state index in [-0.39, 0.29) is 17.5 Å². The molecule has 2 N–H and O–H groups in total. The number of methoxy groups -OCH3 is 1. The third-order valence-corrected chi connectivity index (χ3v) is 8.29. The quantitative estimate of drug-likeness (QED) is 0.510. The summed E-state index contributed by atoms with van der Waals surface area (Å²) in [6.07, 6.45) is 7.22. The van der Waals surface area contributed by atoms with E-state index in [1.165, 1.54) is 6.20 Å². The first-order valence-corrected chi connectivity index (χ1v) is 14.5. The SMILES string of the molecule is COc1nc2c(cc1CN1CCN(C)CC1=O)CCCN2C(=O)Nc1cc(NC2(CSC)CC2)c(C#N)cn1. The Morgan fingerprint density at radius 3 is 2.79 bits per heavy atom.